The first kappa shape index (κ1) is 28.8. The standard InChI is InChI=1S/C44H31N3Se/c1-27-25-36-33-21-10-9-19-31(33)26-37(36)39(28(27)2)43-41(42(45-47-46-43)30-17-7-4-8-18-30)44-40(35-23-13-14-24-38(35)48-44)34-22-12-11-20-32(34)29-15-5-3-6-16-29/h3-25H,26H2,1-2H3. The van der Waals surface area contributed by atoms with E-state index in [4.69, 9.17) is 10.2 Å². The van der Waals surface area contributed by atoms with E-state index in [1.807, 2.05) is 0 Å². The molecule has 3 nitrogen and oxygen atoms in total. The van der Waals surface area contributed by atoms with Gasteiger partial charge in [0.15, 0.2) is 0 Å². The van der Waals surface area contributed by atoms with Gasteiger partial charge in [0, 0.05) is 0 Å². The Kier molecular flexibility index (Phi) is 7.00. The van der Waals surface area contributed by atoms with Crippen LogP contribution in [0, 0.1) is 13.8 Å². The van der Waals surface area contributed by atoms with E-state index in [2.05, 4.69) is 159 Å². The Hall–Kier alpha value is -5.41. The predicted molar refractivity (Wildman–Crippen MR) is 199 cm³/mol. The summed E-state index contributed by atoms with van der Waals surface area (Å²) in [5.41, 5.74) is 17.9. The van der Waals surface area contributed by atoms with Crippen molar-refractivity contribution in [3.63, 3.8) is 0 Å². The van der Waals surface area contributed by atoms with Gasteiger partial charge in [-0.25, -0.2) is 0 Å². The van der Waals surface area contributed by atoms with E-state index >= 15 is 0 Å². The van der Waals surface area contributed by atoms with Crippen LogP contribution in [0.4, 0.5) is 0 Å². The minimum atomic E-state index is 0.00256. The molecule has 0 aliphatic heterocycles. The molecule has 1 aliphatic rings. The van der Waals surface area contributed by atoms with Gasteiger partial charge in [0.2, 0.25) is 0 Å². The first-order valence-electron chi connectivity index (χ1n) is 16.3. The Morgan fingerprint density at radius 2 is 1.15 bits per heavy atom. The third kappa shape index (κ3) is 4.60. The fourth-order valence-electron chi connectivity index (χ4n) is 7.41. The number of nitrogens with zero attached hydrogens (tertiary/aromatic N) is 3. The molecule has 4 heteroatoms. The van der Waals surface area contributed by atoms with Crippen LogP contribution in [0.1, 0.15) is 22.3 Å². The second kappa shape index (κ2) is 11.7. The van der Waals surface area contributed by atoms with Gasteiger partial charge in [0.05, 0.1) is 0 Å². The van der Waals surface area contributed by atoms with Gasteiger partial charge < -0.3 is 0 Å². The molecular weight excluding hydrogens is 649 g/mol. The summed E-state index contributed by atoms with van der Waals surface area (Å²) >= 11 is 0.00256. The molecule has 8 aromatic rings. The van der Waals surface area contributed by atoms with E-state index < -0.39 is 0 Å². The van der Waals surface area contributed by atoms with Crippen molar-refractivity contribution in [2.45, 2.75) is 20.3 Å². The molecule has 6 aromatic carbocycles. The van der Waals surface area contributed by atoms with Crippen molar-refractivity contribution in [1.82, 2.24) is 15.4 Å². The Balaban J connectivity index is 1.41. The van der Waals surface area contributed by atoms with Crippen molar-refractivity contribution < 1.29 is 0 Å². The van der Waals surface area contributed by atoms with Gasteiger partial charge in [-0.2, -0.15) is 0 Å². The van der Waals surface area contributed by atoms with Crippen LogP contribution in [-0.4, -0.2) is 29.9 Å². The zero-order valence-corrected chi connectivity index (χ0v) is 28.4. The molecule has 48 heavy (non-hydrogen) atoms. The van der Waals surface area contributed by atoms with Crippen LogP contribution < -0.4 is 0 Å². The second-order valence-corrected chi connectivity index (χ2v) is 14.7. The van der Waals surface area contributed by atoms with E-state index in [0.29, 0.717) is 0 Å². The molecule has 0 atom stereocenters. The molecule has 0 unspecified atom stereocenters. The number of rotatable bonds is 5. The van der Waals surface area contributed by atoms with Gasteiger partial charge in [0.1, 0.15) is 0 Å². The molecule has 1 aliphatic carbocycles. The van der Waals surface area contributed by atoms with Crippen LogP contribution in [0.5, 0.6) is 0 Å². The van der Waals surface area contributed by atoms with Gasteiger partial charge >= 0.3 is 288 Å². The monoisotopic (exact) mass is 681 g/mol. The first-order valence-corrected chi connectivity index (χ1v) is 18.1. The Morgan fingerprint density at radius 1 is 0.521 bits per heavy atom. The Labute approximate surface area is 286 Å². The summed E-state index contributed by atoms with van der Waals surface area (Å²) in [7, 11) is 0. The topological polar surface area (TPSA) is 38.7 Å². The molecule has 0 bridgehead atoms. The molecule has 0 saturated heterocycles. The Morgan fingerprint density at radius 3 is 1.94 bits per heavy atom. The summed E-state index contributed by atoms with van der Waals surface area (Å²) in [5, 5.41) is 15.7. The SMILES string of the molecule is Cc1cc2c(c(-c3nnnc(-c4ccccc4)c3-c3[se]c4ccccc4c3-c3ccccc3-c3ccccc3)c1C)Cc1ccccc1-2. The van der Waals surface area contributed by atoms with E-state index in [-0.39, 0.29) is 14.5 Å². The summed E-state index contributed by atoms with van der Waals surface area (Å²) in [6.45, 7) is 4.47. The third-order valence-electron chi connectivity index (χ3n) is 9.78. The van der Waals surface area contributed by atoms with Crippen LogP contribution in [0.15, 0.2) is 140 Å². The predicted octanol–water partition coefficient (Wildman–Crippen LogP) is 10.6. The normalized spacial score (nSPS) is 11.9. The maximum absolute atomic E-state index is 5.01. The number of fused-ring (bicyclic) bond motifs is 4. The van der Waals surface area contributed by atoms with Gasteiger partial charge in [-0.3, -0.25) is 0 Å². The van der Waals surface area contributed by atoms with Crippen molar-refractivity contribution in [2.75, 3.05) is 0 Å². The molecular formula is C44H31N3Se. The number of aromatic nitrogens is 3. The number of hydrogen-bond donors (Lipinski definition) is 0. The van der Waals surface area contributed by atoms with Gasteiger partial charge in [0.25, 0.3) is 0 Å². The van der Waals surface area contributed by atoms with Crippen molar-refractivity contribution in [3.05, 3.63) is 162 Å². The first-order chi connectivity index (χ1) is 23.7. The van der Waals surface area contributed by atoms with E-state index in [9.17, 15) is 0 Å². The fourth-order valence-corrected chi connectivity index (χ4v) is 10.1. The maximum atomic E-state index is 5.01. The molecule has 0 radical (unpaired) electrons. The molecule has 0 amide bonds. The van der Waals surface area contributed by atoms with Crippen LogP contribution in [0.2, 0.25) is 0 Å². The molecule has 0 spiro atoms. The molecule has 0 fully saturated rings. The molecule has 228 valence electrons. The summed E-state index contributed by atoms with van der Waals surface area (Å²) < 4.78 is 2.67. The third-order valence-corrected chi connectivity index (χ3v) is 12.3. The second-order valence-electron chi connectivity index (χ2n) is 12.5. The molecule has 0 N–H and O–H groups in total. The quantitative estimate of drug-likeness (QED) is 0.170. The van der Waals surface area contributed by atoms with Crippen molar-refractivity contribution in [1.29, 1.82) is 0 Å². The minimum absolute atomic E-state index is 0.00256. The zero-order chi connectivity index (χ0) is 32.2. The zero-order valence-electron chi connectivity index (χ0n) is 26.7. The van der Waals surface area contributed by atoms with E-state index in [1.165, 1.54) is 75.3 Å². The van der Waals surface area contributed by atoms with Gasteiger partial charge in [-0.05, 0) is 0 Å². The summed E-state index contributed by atoms with van der Waals surface area (Å²) in [4.78, 5) is 0. The summed E-state index contributed by atoms with van der Waals surface area (Å²) in [6.07, 6.45) is 0.875. The van der Waals surface area contributed by atoms with Crippen LogP contribution in [-0.2, 0) is 6.42 Å². The van der Waals surface area contributed by atoms with Gasteiger partial charge in [-0.15, -0.1) is 0 Å². The molecule has 0 saturated carbocycles. The van der Waals surface area contributed by atoms with Crippen LogP contribution in [0.25, 0.3) is 75.5 Å². The van der Waals surface area contributed by atoms with Crippen molar-refractivity contribution >= 4 is 24.1 Å². The van der Waals surface area contributed by atoms with Crippen LogP contribution in [0.3, 0.4) is 0 Å². The van der Waals surface area contributed by atoms with Gasteiger partial charge in [-0.1, -0.05) is 0 Å². The number of benzene rings is 6. The Bertz CT molecular complexity index is 2500. The fraction of sp³-hybridized carbons (Fsp3) is 0.0682. The number of hydrogen-bond acceptors (Lipinski definition) is 3. The van der Waals surface area contributed by atoms with Crippen molar-refractivity contribution in [3.8, 4) is 65.9 Å². The molecule has 9 rings (SSSR count). The van der Waals surface area contributed by atoms with E-state index in [1.54, 1.807) is 0 Å². The average Bonchev–Trinajstić information content (AvgIpc) is 3.71. The molecule has 2 heterocycles. The van der Waals surface area contributed by atoms with Crippen LogP contribution >= 0.6 is 0 Å². The van der Waals surface area contributed by atoms with Crippen molar-refractivity contribution in [2.24, 2.45) is 0 Å². The van der Waals surface area contributed by atoms with E-state index in [0.717, 1.165) is 28.9 Å². The molecule has 2 aromatic heterocycles. The number of aryl methyl sites for hydroxylation is 1. The summed E-state index contributed by atoms with van der Waals surface area (Å²) in [6, 6.07) is 50.2. The average molecular weight is 681 g/mol. The summed E-state index contributed by atoms with van der Waals surface area (Å²) in [5.74, 6) is 0.